The van der Waals surface area contributed by atoms with Gasteiger partial charge in [0.05, 0.1) is 6.42 Å². The molecular weight excluding hydrogens is 384 g/mol. The highest BCUT2D eigenvalue weighted by Gasteiger charge is 2.24. The summed E-state index contributed by atoms with van der Waals surface area (Å²) in [5.74, 6) is -0.00575. The van der Waals surface area contributed by atoms with Crippen LogP contribution in [-0.4, -0.2) is 51.1 Å². The van der Waals surface area contributed by atoms with Crippen molar-refractivity contribution in [2.24, 2.45) is 5.92 Å². The summed E-state index contributed by atoms with van der Waals surface area (Å²) in [4.78, 5) is 33.7. The number of rotatable bonds is 9. The highest BCUT2D eigenvalue weighted by atomic mass is 16.5. The molecule has 1 aliphatic carbocycles. The second-order valence-electron chi connectivity index (χ2n) is 8.32. The van der Waals surface area contributed by atoms with Crippen molar-refractivity contribution in [2.45, 2.75) is 63.7 Å². The van der Waals surface area contributed by atoms with Crippen LogP contribution in [0.15, 0.2) is 22.9 Å². The van der Waals surface area contributed by atoms with Crippen LogP contribution >= 0.6 is 0 Å². The van der Waals surface area contributed by atoms with Gasteiger partial charge >= 0.3 is 5.97 Å². The van der Waals surface area contributed by atoms with Gasteiger partial charge in [-0.1, -0.05) is 50.1 Å². The van der Waals surface area contributed by atoms with Gasteiger partial charge in [-0.25, -0.2) is 0 Å². The number of amides is 1. The lowest BCUT2D eigenvalue weighted by atomic mass is 9.84. The van der Waals surface area contributed by atoms with Crippen molar-refractivity contribution in [1.82, 2.24) is 20.0 Å². The Hall–Kier alpha value is -2.77. The van der Waals surface area contributed by atoms with Gasteiger partial charge < -0.3 is 14.5 Å². The van der Waals surface area contributed by atoms with Gasteiger partial charge in [-0.15, -0.1) is 0 Å². The standard InChI is InChI=1S/C22H30N4O4/c1-26(2)22(29)17-11-12-23-18(13-17)20-24-21(30-25-20)16(14-19(27)28)10-6-9-15-7-4-3-5-8-15/h11-13,15-16H,3-10,14H2,1-2H3,(H,27,28). The zero-order chi connectivity index (χ0) is 21.5. The number of hydrogen-bond acceptors (Lipinski definition) is 6. The third kappa shape index (κ3) is 5.87. The summed E-state index contributed by atoms with van der Waals surface area (Å²) in [6.07, 6.45) is 10.8. The number of hydrogen-bond donors (Lipinski definition) is 1. The van der Waals surface area contributed by atoms with E-state index in [9.17, 15) is 14.7 Å². The first-order valence-corrected chi connectivity index (χ1v) is 10.7. The molecule has 3 rings (SSSR count). The van der Waals surface area contributed by atoms with Crippen molar-refractivity contribution in [3.05, 3.63) is 29.8 Å². The monoisotopic (exact) mass is 414 g/mol. The molecule has 162 valence electrons. The molecule has 8 nitrogen and oxygen atoms in total. The van der Waals surface area contributed by atoms with Gasteiger partial charge in [0.1, 0.15) is 5.69 Å². The van der Waals surface area contributed by atoms with Gasteiger partial charge in [-0.05, 0) is 24.5 Å². The number of aromatic nitrogens is 3. The van der Waals surface area contributed by atoms with E-state index < -0.39 is 5.97 Å². The van der Waals surface area contributed by atoms with Crippen molar-refractivity contribution in [3.8, 4) is 11.5 Å². The molecule has 2 aromatic heterocycles. The van der Waals surface area contributed by atoms with Crippen LogP contribution in [0.3, 0.4) is 0 Å². The number of aliphatic carboxylic acids is 1. The molecule has 1 unspecified atom stereocenters. The molecule has 2 heterocycles. The van der Waals surface area contributed by atoms with E-state index in [1.54, 1.807) is 26.2 Å². The predicted octanol–water partition coefficient (Wildman–Crippen LogP) is 4.14. The highest BCUT2D eigenvalue weighted by molar-refractivity contribution is 5.94. The summed E-state index contributed by atoms with van der Waals surface area (Å²) in [7, 11) is 3.36. The first-order chi connectivity index (χ1) is 14.4. The largest absolute Gasteiger partial charge is 0.481 e. The molecule has 1 aliphatic rings. The fourth-order valence-electron chi connectivity index (χ4n) is 4.10. The average Bonchev–Trinajstić information content (AvgIpc) is 3.23. The minimum Gasteiger partial charge on any atom is -0.481 e. The Labute approximate surface area is 176 Å². The summed E-state index contributed by atoms with van der Waals surface area (Å²) in [5.41, 5.74) is 0.903. The predicted molar refractivity (Wildman–Crippen MR) is 111 cm³/mol. The summed E-state index contributed by atoms with van der Waals surface area (Å²) in [6, 6.07) is 3.25. The summed E-state index contributed by atoms with van der Waals surface area (Å²) in [6.45, 7) is 0. The lowest BCUT2D eigenvalue weighted by molar-refractivity contribution is -0.137. The smallest absolute Gasteiger partial charge is 0.304 e. The van der Waals surface area contributed by atoms with Gasteiger partial charge in [0.15, 0.2) is 0 Å². The third-order valence-corrected chi connectivity index (χ3v) is 5.74. The van der Waals surface area contributed by atoms with Crippen molar-refractivity contribution in [2.75, 3.05) is 14.1 Å². The molecule has 2 aromatic rings. The van der Waals surface area contributed by atoms with E-state index in [2.05, 4.69) is 15.1 Å². The summed E-state index contributed by atoms with van der Waals surface area (Å²) >= 11 is 0. The fraction of sp³-hybridized carbons (Fsp3) is 0.591. The van der Waals surface area contributed by atoms with E-state index in [-0.39, 0.29) is 24.1 Å². The Morgan fingerprint density at radius 1 is 1.27 bits per heavy atom. The van der Waals surface area contributed by atoms with E-state index >= 15 is 0 Å². The first kappa shape index (κ1) is 21.9. The van der Waals surface area contributed by atoms with Gasteiger partial charge in [0.2, 0.25) is 11.7 Å². The summed E-state index contributed by atoms with van der Waals surface area (Å²) in [5, 5.41) is 13.3. The molecule has 30 heavy (non-hydrogen) atoms. The number of carbonyl (C=O) groups excluding carboxylic acids is 1. The molecule has 0 spiro atoms. The highest BCUT2D eigenvalue weighted by Crippen LogP contribution is 2.31. The lowest BCUT2D eigenvalue weighted by Crippen LogP contribution is -2.21. The lowest BCUT2D eigenvalue weighted by Gasteiger charge is -2.21. The maximum Gasteiger partial charge on any atom is 0.304 e. The summed E-state index contributed by atoms with van der Waals surface area (Å²) < 4.78 is 5.41. The number of carboxylic acid groups (broad SMARTS) is 1. The van der Waals surface area contributed by atoms with Crippen molar-refractivity contribution in [3.63, 3.8) is 0 Å². The first-order valence-electron chi connectivity index (χ1n) is 10.7. The van der Waals surface area contributed by atoms with Crippen LogP contribution in [0.5, 0.6) is 0 Å². The Kier molecular flexibility index (Phi) is 7.54. The van der Waals surface area contributed by atoms with Crippen LogP contribution < -0.4 is 0 Å². The number of nitrogens with zero attached hydrogens (tertiary/aromatic N) is 4. The molecule has 1 saturated carbocycles. The molecule has 0 aromatic carbocycles. The Bertz CT molecular complexity index is 858. The molecule has 1 N–H and O–H groups in total. The van der Waals surface area contributed by atoms with Crippen LogP contribution in [0.2, 0.25) is 0 Å². The quantitative estimate of drug-likeness (QED) is 0.656. The Morgan fingerprint density at radius 2 is 2.03 bits per heavy atom. The van der Waals surface area contributed by atoms with Gasteiger partial charge in [0, 0.05) is 31.8 Å². The average molecular weight is 415 g/mol. The topological polar surface area (TPSA) is 109 Å². The minimum atomic E-state index is -0.880. The molecule has 1 atom stereocenters. The number of carbonyl (C=O) groups is 2. The molecule has 0 bridgehead atoms. The number of carboxylic acids is 1. The van der Waals surface area contributed by atoms with Crippen LogP contribution in [0.4, 0.5) is 0 Å². The van der Waals surface area contributed by atoms with E-state index in [0.717, 1.165) is 18.8 Å². The maximum absolute atomic E-state index is 12.2. The van der Waals surface area contributed by atoms with Gasteiger partial charge in [-0.2, -0.15) is 4.98 Å². The van der Waals surface area contributed by atoms with E-state index in [1.165, 1.54) is 43.2 Å². The van der Waals surface area contributed by atoms with E-state index in [4.69, 9.17) is 4.52 Å². The molecule has 8 heteroatoms. The van der Waals surface area contributed by atoms with Crippen LogP contribution in [0, 0.1) is 5.92 Å². The van der Waals surface area contributed by atoms with Gasteiger partial charge in [-0.3, -0.25) is 14.6 Å². The Morgan fingerprint density at radius 3 is 2.73 bits per heavy atom. The number of pyridine rings is 1. The second kappa shape index (κ2) is 10.3. The Balaban J connectivity index is 1.69. The molecule has 1 amide bonds. The van der Waals surface area contributed by atoms with Crippen LogP contribution in [-0.2, 0) is 4.79 Å². The second-order valence-corrected chi connectivity index (χ2v) is 8.32. The van der Waals surface area contributed by atoms with Crippen molar-refractivity contribution in [1.29, 1.82) is 0 Å². The molecular formula is C22H30N4O4. The molecule has 1 fully saturated rings. The normalized spacial score (nSPS) is 15.7. The zero-order valence-electron chi connectivity index (χ0n) is 17.7. The van der Waals surface area contributed by atoms with Crippen LogP contribution in [0.25, 0.3) is 11.5 Å². The van der Waals surface area contributed by atoms with Crippen molar-refractivity contribution >= 4 is 11.9 Å². The van der Waals surface area contributed by atoms with Gasteiger partial charge in [0.25, 0.3) is 5.91 Å². The molecule has 0 saturated heterocycles. The molecule has 0 radical (unpaired) electrons. The van der Waals surface area contributed by atoms with Crippen molar-refractivity contribution < 1.29 is 19.2 Å². The van der Waals surface area contributed by atoms with E-state index in [1.807, 2.05) is 0 Å². The zero-order valence-corrected chi connectivity index (χ0v) is 17.7. The van der Waals surface area contributed by atoms with E-state index in [0.29, 0.717) is 23.6 Å². The van der Waals surface area contributed by atoms with Crippen LogP contribution in [0.1, 0.15) is 80.0 Å². The molecule has 0 aliphatic heterocycles. The maximum atomic E-state index is 12.2. The SMILES string of the molecule is CN(C)C(=O)c1ccnc(-c2noc(C(CCCC3CCCCC3)CC(=O)O)n2)c1. The minimum absolute atomic E-state index is 0.0428. The third-order valence-electron chi connectivity index (χ3n) is 5.74. The fourth-order valence-corrected chi connectivity index (χ4v) is 4.10.